The third-order valence-corrected chi connectivity index (χ3v) is 9.06. The van der Waals surface area contributed by atoms with E-state index in [2.05, 4.69) is 98.4 Å². The summed E-state index contributed by atoms with van der Waals surface area (Å²) in [5.74, 6) is 1.22. The molecule has 0 bridgehead atoms. The van der Waals surface area contributed by atoms with E-state index >= 15 is 0 Å². The van der Waals surface area contributed by atoms with Crippen molar-refractivity contribution in [2.24, 2.45) is 5.92 Å². The van der Waals surface area contributed by atoms with E-state index in [1.165, 1.54) is 16.5 Å². The first kappa shape index (κ1) is 29.5. The summed E-state index contributed by atoms with van der Waals surface area (Å²) in [6.45, 7) is 14.5. The average molecular weight is 596 g/mol. The van der Waals surface area contributed by atoms with Crippen molar-refractivity contribution in [1.82, 2.24) is 15.2 Å². The second kappa shape index (κ2) is 11.5. The Morgan fingerprint density at radius 2 is 1.84 bits per heavy atom. The first-order valence-electron chi connectivity index (χ1n) is 15.4. The molecule has 43 heavy (non-hydrogen) atoms. The Bertz CT molecular complexity index is 1720. The third kappa shape index (κ3) is 6.53. The molecule has 2 aliphatic heterocycles. The number of hydrogen-bond donors (Lipinski definition) is 2. The number of amides is 1. The third-order valence-electron chi connectivity index (χ3n) is 8.80. The zero-order valence-corrected chi connectivity index (χ0v) is 26.6. The van der Waals surface area contributed by atoms with Crippen LogP contribution in [0.1, 0.15) is 69.7 Å². The molecule has 224 valence electrons. The van der Waals surface area contributed by atoms with E-state index in [1.54, 1.807) is 6.08 Å². The van der Waals surface area contributed by atoms with Crippen LogP contribution < -0.4 is 10.1 Å². The second-order valence-electron chi connectivity index (χ2n) is 13.7. The number of aromatic amines is 1. The van der Waals surface area contributed by atoms with Crippen molar-refractivity contribution in [3.63, 3.8) is 0 Å². The lowest BCUT2D eigenvalue weighted by Gasteiger charge is -2.32. The summed E-state index contributed by atoms with van der Waals surface area (Å²) < 4.78 is 6.48. The van der Waals surface area contributed by atoms with Gasteiger partial charge in [0.25, 0.3) is 0 Å². The van der Waals surface area contributed by atoms with E-state index in [0.717, 1.165) is 70.8 Å². The monoisotopic (exact) mass is 595 g/mol. The van der Waals surface area contributed by atoms with Crippen molar-refractivity contribution < 1.29 is 9.53 Å². The van der Waals surface area contributed by atoms with Crippen LogP contribution in [0.4, 0.5) is 0 Å². The lowest BCUT2D eigenvalue weighted by atomic mass is 9.86. The number of rotatable bonds is 6. The van der Waals surface area contributed by atoms with E-state index in [9.17, 15) is 4.79 Å². The predicted molar refractivity (Wildman–Crippen MR) is 180 cm³/mol. The zero-order valence-electron chi connectivity index (χ0n) is 25.9. The van der Waals surface area contributed by atoms with Crippen LogP contribution in [-0.4, -0.2) is 41.0 Å². The maximum Gasteiger partial charge on any atom is 0.244 e. The molecule has 3 aromatic carbocycles. The Labute approximate surface area is 259 Å². The van der Waals surface area contributed by atoms with Gasteiger partial charge < -0.3 is 15.0 Å². The van der Waals surface area contributed by atoms with E-state index < -0.39 is 5.60 Å². The van der Waals surface area contributed by atoms with Crippen LogP contribution in [0.3, 0.4) is 0 Å². The number of benzene rings is 3. The van der Waals surface area contributed by atoms with Crippen LogP contribution in [0.5, 0.6) is 5.75 Å². The Hall–Kier alpha value is -3.54. The summed E-state index contributed by atoms with van der Waals surface area (Å²) >= 11 is 6.03. The first-order valence-corrected chi connectivity index (χ1v) is 15.8. The van der Waals surface area contributed by atoms with Crippen molar-refractivity contribution >= 4 is 51.5 Å². The molecule has 1 saturated heterocycles. The average Bonchev–Trinajstić information content (AvgIpc) is 3.33. The van der Waals surface area contributed by atoms with E-state index in [1.807, 2.05) is 18.2 Å². The van der Waals surface area contributed by atoms with Gasteiger partial charge in [0.1, 0.15) is 11.4 Å². The number of H-pyrrole nitrogens is 1. The van der Waals surface area contributed by atoms with Crippen molar-refractivity contribution in [3.05, 3.63) is 88.0 Å². The smallest absolute Gasteiger partial charge is 0.244 e. The normalized spacial score (nSPS) is 17.4. The number of nitrogens with one attached hydrogen (secondary N) is 2. The van der Waals surface area contributed by atoms with Crippen molar-refractivity contribution in [2.75, 3.05) is 19.6 Å². The molecular formula is C37H42ClN3O2. The van der Waals surface area contributed by atoms with Crippen LogP contribution in [0, 0.1) is 5.92 Å². The maximum absolute atomic E-state index is 13.0. The Balaban J connectivity index is 1.17. The van der Waals surface area contributed by atoms with Gasteiger partial charge in [-0.25, -0.2) is 0 Å². The lowest BCUT2D eigenvalue weighted by molar-refractivity contribution is -0.116. The van der Waals surface area contributed by atoms with Crippen molar-refractivity contribution in [3.8, 4) is 5.75 Å². The number of hydrogen-bond acceptors (Lipinski definition) is 3. The molecule has 1 fully saturated rings. The lowest BCUT2D eigenvalue weighted by Crippen LogP contribution is -2.38. The highest BCUT2D eigenvalue weighted by Gasteiger charge is 2.27. The summed E-state index contributed by atoms with van der Waals surface area (Å²) in [4.78, 5) is 19.1. The molecule has 0 aliphatic carbocycles. The standard InChI is InChI=1S/C37H42ClN3O2/c1-36(2,3)27-9-12-32-30(21-27)31-20-26(35-29(34(31)40-32)14-17-37(4,5)43-35)8-13-33(42)39-22-24-15-18-41(19-16-24)23-25-6-10-28(38)11-7-25/h6-14,17,20-21,24,40H,15-16,18-19,22-23H2,1-5H3,(H,39,42)/b13-8+. The van der Waals surface area contributed by atoms with Gasteiger partial charge in [-0.2, -0.15) is 0 Å². The molecule has 0 saturated carbocycles. The van der Waals surface area contributed by atoms with Gasteiger partial charge in [0, 0.05) is 51.6 Å². The number of likely N-dealkylation sites (tertiary alicyclic amines) is 1. The summed E-state index contributed by atoms with van der Waals surface area (Å²) in [6.07, 6.45) is 9.97. The number of halogens is 1. The Kier molecular flexibility index (Phi) is 7.91. The first-order chi connectivity index (χ1) is 20.4. The van der Waals surface area contributed by atoms with Gasteiger partial charge in [-0.1, -0.05) is 50.6 Å². The van der Waals surface area contributed by atoms with Crippen molar-refractivity contribution in [1.29, 1.82) is 0 Å². The Morgan fingerprint density at radius 3 is 2.56 bits per heavy atom. The molecule has 0 radical (unpaired) electrons. The molecule has 0 spiro atoms. The van der Waals surface area contributed by atoms with Gasteiger partial charge in [0.05, 0.1) is 5.52 Å². The highest BCUT2D eigenvalue weighted by Crippen LogP contribution is 2.42. The number of piperidine rings is 1. The predicted octanol–water partition coefficient (Wildman–Crippen LogP) is 8.50. The molecule has 1 amide bonds. The van der Waals surface area contributed by atoms with Gasteiger partial charge in [0.15, 0.2) is 0 Å². The molecular weight excluding hydrogens is 554 g/mol. The van der Waals surface area contributed by atoms with Gasteiger partial charge >= 0.3 is 0 Å². The minimum Gasteiger partial charge on any atom is -0.482 e. The van der Waals surface area contributed by atoms with Gasteiger partial charge in [0.2, 0.25) is 5.91 Å². The molecule has 2 aliphatic rings. The highest BCUT2D eigenvalue weighted by atomic mass is 35.5. The summed E-state index contributed by atoms with van der Waals surface area (Å²) in [6, 6.07) is 16.9. The molecule has 0 unspecified atom stereocenters. The second-order valence-corrected chi connectivity index (χ2v) is 14.2. The number of carbonyl (C=O) groups is 1. The molecule has 4 aromatic rings. The highest BCUT2D eigenvalue weighted by molar-refractivity contribution is 6.30. The summed E-state index contributed by atoms with van der Waals surface area (Å²) in [7, 11) is 0. The summed E-state index contributed by atoms with van der Waals surface area (Å²) in [5, 5.41) is 6.25. The largest absolute Gasteiger partial charge is 0.482 e. The van der Waals surface area contributed by atoms with Crippen molar-refractivity contribution in [2.45, 2.75) is 65.0 Å². The minimum absolute atomic E-state index is 0.0488. The molecule has 6 heteroatoms. The number of nitrogens with zero attached hydrogens (tertiary/aromatic N) is 1. The fourth-order valence-corrected chi connectivity index (χ4v) is 6.30. The number of ether oxygens (including phenoxy) is 1. The van der Waals surface area contributed by atoms with E-state index in [4.69, 9.17) is 16.3 Å². The SMILES string of the molecule is CC1(C)C=Cc2c(c(/C=C/C(=O)NCC3CCN(Cc4ccc(Cl)cc4)CC3)cc3c2[nH]c2ccc(C(C)(C)C)cc23)O1. The molecule has 6 rings (SSSR count). The molecule has 5 nitrogen and oxygen atoms in total. The van der Waals surface area contributed by atoms with Gasteiger partial charge in [-0.05, 0) is 111 Å². The van der Waals surface area contributed by atoms with Crippen LogP contribution >= 0.6 is 11.6 Å². The fraction of sp³-hybridized carbons (Fsp3) is 0.378. The van der Waals surface area contributed by atoms with E-state index in [-0.39, 0.29) is 11.3 Å². The number of fused-ring (bicyclic) bond motifs is 5. The molecule has 0 atom stereocenters. The zero-order chi connectivity index (χ0) is 30.4. The van der Waals surface area contributed by atoms with Crippen LogP contribution in [0.25, 0.3) is 34.0 Å². The van der Waals surface area contributed by atoms with Gasteiger partial charge in [-0.3, -0.25) is 9.69 Å². The topological polar surface area (TPSA) is 57.4 Å². The molecule has 2 N–H and O–H groups in total. The molecule has 3 heterocycles. The van der Waals surface area contributed by atoms with Gasteiger partial charge in [-0.15, -0.1) is 0 Å². The van der Waals surface area contributed by atoms with Crippen LogP contribution in [-0.2, 0) is 16.8 Å². The molecule has 1 aromatic heterocycles. The maximum atomic E-state index is 13.0. The summed E-state index contributed by atoms with van der Waals surface area (Å²) in [5.41, 5.74) is 6.29. The Morgan fingerprint density at radius 1 is 1.09 bits per heavy atom. The van der Waals surface area contributed by atoms with Crippen LogP contribution in [0.2, 0.25) is 5.02 Å². The van der Waals surface area contributed by atoms with E-state index in [0.29, 0.717) is 12.5 Å². The quantitative estimate of drug-likeness (QED) is 0.220. The number of aromatic nitrogens is 1. The van der Waals surface area contributed by atoms with Crippen LogP contribution in [0.15, 0.2) is 60.7 Å². The number of carbonyl (C=O) groups excluding carboxylic acids is 1. The minimum atomic E-state index is -0.431. The fourth-order valence-electron chi connectivity index (χ4n) is 6.18.